The van der Waals surface area contributed by atoms with Gasteiger partial charge in [-0.15, -0.1) is 0 Å². The van der Waals surface area contributed by atoms with Gasteiger partial charge in [-0.25, -0.2) is 9.59 Å². The van der Waals surface area contributed by atoms with Gasteiger partial charge in [0, 0.05) is 13.1 Å². The summed E-state index contributed by atoms with van der Waals surface area (Å²) in [6.07, 6.45) is 2.30. The highest BCUT2D eigenvalue weighted by molar-refractivity contribution is 5.89. The maximum absolute atomic E-state index is 12.2. The first-order chi connectivity index (χ1) is 11.3. The standard InChI is InChI=1S/C19H27NO4/c1-5-6-11-23-17(21)15-8-7-14-9-10-20(13-16(14)12-15)18(22)24-19(2,3)4/h7-8,12H,5-6,9-11,13H2,1-4H3. The Morgan fingerprint density at radius 3 is 2.62 bits per heavy atom. The number of unbranched alkanes of at least 4 members (excludes halogenated alkanes) is 1. The van der Waals surface area contributed by atoms with Gasteiger partial charge in [0.2, 0.25) is 0 Å². The summed E-state index contributed by atoms with van der Waals surface area (Å²) in [5, 5.41) is 0. The SMILES string of the molecule is CCCCOC(=O)c1ccc2c(c1)CN(C(=O)OC(C)(C)C)CC2. The van der Waals surface area contributed by atoms with Crippen LogP contribution >= 0.6 is 0 Å². The van der Waals surface area contributed by atoms with Crippen LogP contribution < -0.4 is 0 Å². The predicted octanol–water partition coefficient (Wildman–Crippen LogP) is 3.94. The zero-order valence-corrected chi connectivity index (χ0v) is 15.1. The van der Waals surface area contributed by atoms with Crippen LogP contribution in [0.15, 0.2) is 18.2 Å². The number of hydrogen-bond donors (Lipinski definition) is 0. The van der Waals surface area contributed by atoms with Crippen LogP contribution in [0, 0.1) is 0 Å². The van der Waals surface area contributed by atoms with Gasteiger partial charge in [0.1, 0.15) is 5.60 Å². The first-order valence-corrected chi connectivity index (χ1v) is 8.57. The van der Waals surface area contributed by atoms with Gasteiger partial charge >= 0.3 is 12.1 Å². The average molecular weight is 333 g/mol. The molecule has 5 nitrogen and oxygen atoms in total. The summed E-state index contributed by atoms with van der Waals surface area (Å²) >= 11 is 0. The van der Waals surface area contributed by atoms with Crippen molar-refractivity contribution in [3.63, 3.8) is 0 Å². The minimum Gasteiger partial charge on any atom is -0.462 e. The van der Waals surface area contributed by atoms with Crippen molar-refractivity contribution in [1.82, 2.24) is 4.90 Å². The molecule has 0 saturated carbocycles. The Bertz CT molecular complexity index is 604. The highest BCUT2D eigenvalue weighted by atomic mass is 16.6. The second kappa shape index (κ2) is 7.69. The lowest BCUT2D eigenvalue weighted by Crippen LogP contribution is -2.39. The molecule has 0 spiro atoms. The smallest absolute Gasteiger partial charge is 0.410 e. The van der Waals surface area contributed by atoms with E-state index in [1.807, 2.05) is 32.9 Å². The molecule has 0 N–H and O–H groups in total. The molecule has 2 rings (SSSR count). The van der Waals surface area contributed by atoms with Crippen molar-refractivity contribution in [1.29, 1.82) is 0 Å². The Morgan fingerprint density at radius 2 is 1.96 bits per heavy atom. The van der Waals surface area contributed by atoms with Crippen LogP contribution in [-0.4, -0.2) is 35.7 Å². The number of carbonyl (C=O) groups is 2. The Balaban J connectivity index is 2.05. The lowest BCUT2D eigenvalue weighted by atomic mass is 9.97. The molecule has 24 heavy (non-hydrogen) atoms. The third kappa shape index (κ3) is 4.98. The molecule has 132 valence electrons. The lowest BCUT2D eigenvalue weighted by Gasteiger charge is -2.31. The van der Waals surface area contributed by atoms with E-state index in [9.17, 15) is 9.59 Å². The Labute approximate surface area is 143 Å². The van der Waals surface area contributed by atoms with Gasteiger partial charge in [-0.1, -0.05) is 19.4 Å². The number of amides is 1. The van der Waals surface area contributed by atoms with Gasteiger partial charge < -0.3 is 14.4 Å². The minimum absolute atomic E-state index is 0.305. The van der Waals surface area contributed by atoms with E-state index in [1.165, 1.54) is 5.56 Å². The Hall–Kier alpha value is -2.04. The predicted molar refractivity (Wildman–Crippen MR) is 92.0 cm³/mol. The first kappa shape index (κ1) is 18.3. The number of carbonyl (C=O) groups excluding carboxylic acids is 2. The van der Waals surface area contributed by atoms with E-state index in [0.29, 0.717) is 25.3 Å². The fourth-order valence-corrected chi connectivity index (χ4v) is 2.56. The molecule has 0 radical (unpaired) electrons. The molecule has 0 atom stereocenters. The number of benzene rings is 1. The number of esters is 1. The van der Waals surface area contributed by atoms with E-state index in [2.05, 4.69) is 6.92 Å². The quantitative estimate of drug-likeness (QED) is 0.619. The van der Waals surface area contributed by atoms with Gasteiger partial charge in [-0.05, 0) is 56.9 Å². The molecule has 0 bridgehead atoms. The second-order valence-electron chi connectivity index (χ2n) is 7.12. The molecular formula is C19H27NO4. The van der Waals surface area contributed by atoms with Crippen molar-refractivity contribution in [2.75, 3.05) is 13.2 Å². The molecule has 1 aromatic rings. The fraction of sp³-hybridized carbons (Fsp3) is 0.579. The number of hydrogen-bond acceptors (Lipinski definition) is 4. The summed E-state index contributed by atoms with van der Waals surface area (Å²) < 4.78 is 10.7. The van der Waals surface area contributed by atoms with Gasteiger partial charge in [0.15, 0.2) is 0 Å². The third-order valence-electron chi connectivity index (χ3n) is 3.84. The number of ether oxygens (including phenoxy) is 2. The van der Waals surface area contributed by atoms with Crippen molar-refractivity contribution in [3.8, 4) is 0 Å². The molecular weight excluding hydrogens is 306 g/mol. The summed E-state index contributed by atoms with van der Waals surface area (Å²) in [7, 11) is 0. The zero-order valence-electron chi connectivity index (χ0n) is 15.1. The van der Waals surface area contributed by atoms with Gasteiger partial charge in [0.05, 0.1) is 12.2 Å². The van der Waals surface area contributed by atoms with E-state index < -0.39 is 5.60 Å². The summed E-state index contributed by atoms with van der Waals surface area (Å²) in [5.74, 6) is -0.305. The number of rotatable bonds is 4. The van der Waals surface area contributed by atoms with Crippen LogP contribution in [0.5, 0.6) is 0 Å². The molecule has 0 fully saturated rings. The second-order valence-corrected chi connectivity index (χ2v) is 7.12. The highest BCUT2D eigenvalue weighted by Crippen LogP contribution is 2.22. The molecule has 0 aliphatic carbocycles. The van der Waals surface area contributed by atoms with E-state index in [4.69, 9.17) is 9.47 Å². The molecule has 5 heteroatoms. The molecule has 0 unspecified atom stereocenters. The monoisotopic (exact) mass is 333 g/mol. The topological polar surface area (TPSA) is 55.8 Å². The molecule has 1 aromatic carbocycles. The van der Waals surface area contributed by atoms with Crippen LogP contribution in [0.4, 0.5) is 4.79 Å². The molecule has 1 heterocycles. The van der Waals surface area contributed by atoms with Crippen LogP contribution in [0.2, 0.25) is 0 Å². The van der Waals surface area contributed by atoms with E-state index in [1.54, 1.807) is 11.0 Å². The fourth-order valence-electron chi connectivity index (χ4n) is 2.56. The number of fused-ring (bicyclic) bond motifs is 1. The lowest BCUT2D eigenvalue weighted by molar-refractivity contribution is 0.0224. The van der Waals surface area contributed by atoms with Crippen LogP contribution in [0.3, 0.4) is 0 Å². The number of nitrogens with zero attached hydrogens (tertiary/aromatic N) is 1. The van der Waals surface area contributed by atoms with Gasteiger partial charge in [-0.3, -0.25) is 0 Å². The normalized spacial score (nSPS) is 14.1. The molecule has 0 saturated heterocycles. The summed E-state index contributed by atoms with van der Waals surface area (Å²) in [5.41, 5.74) is 2.18. The maximum atomic E-state index is 12.2. The van der Waals surface area contributed by atoms with Crippen molar-refractivity contribution < 1.29 is 19.1 Å². The summed E-state index contributed by atoms with van der Waals surface area (Å²) in [6, 6.07) is 5.59. The van der Waals surface area contributed by atoms with Crippen LogP contribution in [0.25, 0.3) is 0 Å². The summed E-state index contributed by atoms with van der Waals surface area (Å²) in [4.78, 5) is 26.0. The van der Waals surface area contributed by atoms with Crippen molar-refractivity contribution >= 4 is 12.1 Å². The Kier molecular flexibility index (Phi) is 5.86. The highest BCUT2D eigenvalue weighted by Gasteiger charge is 2.26. The third-order valence-corrected chi connectivity index (χ3v) is 3.84. The van der Waals surface area contributed by atoms with E-state index in [0.717, 1.165) is 24.8 Å². The van der Waals surface area contributed by atoms with Gasteiger partial charge in [-0.2, -0.15) is 0 Å². The van der Waals surface area contributed by atoms with Crippen molar-refractivity contribution in [2.24, 2.45) is 0 Å². The molecule has 0 aromatic heterocycles. The van der Waals surface area contributed by atoms with Crippen LogP contribution in [0.1, 0.15) is 62.0 Å². The van der Waals surface area contributed by atoms with E-state index >= 15 is 0 Å². The Morgan fingerprint density at radius 1 is 1.21 bits per heavy atom. The molecule has 1 aliphatic heterocycles. The first-order valence-electron chi connectivity index (χ1n) is 8.57. The summed E-state index contributed by atoms with van der Waals surface area (Å²) in [6.45, 7) is 9.14. The largest absolute Gasteiger partial charge is 0.462 e. The minimum atomic E-state index is -0.512. The average Bonchev–Trinajstić information content (AvgIpc) is 2.52. The van der Waals surface area contributed by atoms with E-state index in [-0.39, 0.29) is 12.1 Å². The van der Waals surface area contributed by atoms with Crippen molar-refractivity contribution in [2.45, 2.75) is 59.1 Å². The maximum Gasteiger partial charge on any atom is 0.410 e. The molecule has 1 aliphatic rings. The van der Waals surface area contributed by atoms with Gasteiger partial charge in [0.25, 0.3) is 0 Å². The van der Waals surface area contributed by atoms with Crippen molar-refractivity contribution in [3.05, 3.63) is 34.9 Å². The van der Waals surface area contributed by atoms with Crippen LogP contribution in [-0.2, 0) is 22.4 Å². The zero-order chi connectivity index (χ0) is 17.7. The molecule has 1 amide bonds.